The van der Waals surface area contributed by atoms with E-state index in [4.69, 9.17) is 65.8 Å². The van der Waals surface area contributed by atoms with E-state index < -0.39 is 42.0 Å². The maximum absolute atomic E-state index is 13.5. The Morgan fingerprint density at radius 1 is 0.446 bits per heavy atom. The van der Waals surface area contributed by atoms with Gasteiger partial charge in [0, 0.05) is 105 Å². The molecule has 8 aromatic heterocycles. The van der Waals surface area contributed by atoms with Crippen LogP contribution in [0.5, 0.6) is 23.5 Å². The van der Waals surface area contributed by atoms with Gasteiger partial charge in [-0.25, -0.2) is 72.3 Å². The van der Waals surface area contributed by atoms with Gasteiger partial charge in [0.15, 0.2) is 22.6 Å². The fraction of sp³-hybridized carbons (Fsp3) is 0.495. The highest BCUT2D eigenvalue weighted by molar-refractivity contribution is 6.76. The minimum atomic E-state index is -1.16. The summed E-state index contributed by atoms with van der Waals surface area (Å²) < 4.78 is 84.7. The molecule has 5 atom stereocenters. The van der Waals surface area contributed by atoms with Crippen molar-refractivity contribution in [3.8, 4) is 23.5 Å². The molecule has 0 aliphatic carbocycles. The number of nitrogens with zero attached hydrogens (tertiary/aromatic N) is 19. The van der Waals surface area contributed by atoms with Crippen molar-refractivity contribution in [2.24, 2.45) is 0 Å². The SMILES string of the molecule is C[Si](C)(C)CCOCn1ncc2c(O[C@H]3CCCN(C(=O)CNc4cc(F)cc(Cl)c4)C3)ncnc21.C[Si](C)(C)CCOCn1ncc2c(O[C@H]3CCCN(C(=O)OCc4ccccc4)C3)ncnc21.C[Si](C)(C)CCOCn1ncc2c(O[C@H]3CCCNC3)ncnc21.O=C(CNc1cc(F)cc(Cl)c1)N1CCC[C@H](Oc2ncnc3[nH]ncc23)C1.O=C(OCc1ccccc1)N1CCC[C@H](O)C1. The number of aliphatic hydroxyl groups is 1. The van der Waals surface area contributed by atoms with Gasteiger partial charge in [-0.1, -0.05) is 143 Å². The van der Waals surface area contributed by atoms with Crippen LogP contribution in [0.25, 0.3) is 44.1 Å². The predicted octanol–water partition coefficient (Wildman–Crippen LogP) is 15.4. The number of rotatable bonds is 33. The van der Waals surface area contributed by atoms with Crippen LogP contribution in [-0.2, 0) is 66.7 Å². The molecular weight excluding hydrogens is 1880 g/mol. The van der Waals surface area contributed by atoms with Gasteiger partial charge in [0.05, 0.1) is 63.6 Å². The number of nitrogens with one attached hydrogen (secondary N) is 4. The molecule has 0 radical (unpaired) electrons. The molecule has 4 aromatic carbocycles. The molecule has 0 saturated carbocycles. The lowest BCUT2D eigenvalue weighted by Crippen LogP contribution is -2.46. The van der Waals surface area contributed by atoms with Crippen molar-refractivity contribution >= 4 is 127 Å². The Balaban J connectivity index is 0.000000149. The number of hydrogen-bond donors (Lipinski definition) is 5. The normalized spacial score (nSPS) is 17.4. The summed E-state index contributed by atoms with van der Waals surface area (Å²) in [4.78, 5) is 90.6. The molecule has 13 heterocycles. The van der Waals surface area contributed by atoms with E-state index in [2.05, 4.69) is 140 Å². The molecule has 12 aromatic rings. The van der Waals surface area contributed by atoms with Crippen molar-refractivity contribution in [2.45, 2.75) is 205 Å². The van der Waals surface area contributed by atoms with E-state index in [0.29, 0.717) is 148 Å². The minimum Gasteiger partial charge on any atom is -0.472 e. The van der Waals surface area contributed by atoms with Gasteiger partial charge in [-0.05, 0) is 136 Å². The summed E-state index contributed by atoms with van der Waals surface area (Å²) in [5.74, 6) is 0.881. The monoisotopic (exact) mass is 2010 g/mol. The molecule has 0 bridgehead atoms. The average molecular weight is 2010 g/mol. The van der Waals surface area contributed by atoms with Crippen LogP contribution in [0.3, 0.4) is 0 Å². The fourth-order valence-corrected chi connectivity index (χ4v) is 18.2. The molecule has 746 valence electrons. The number of aromatic amines is 1. The van der Waals surface area contributed by atoms with Crippen LogP contribution in [0.4, 0.5) is 29.7 Å². The Morgan fingerprint density at radius 3 is 1.22 bits per heavy atom. The first-order chi connectivity index (χ1) is 66.9. The number of ether oxygens (including phenoxy) is 9. The topological polar surface area (TPSA) is 406 Å². The number of halogens is 4. The summed E-state index contributed by atoms with van der Waals surface area (Å²) in [7, 11) is -3.37. The summed E-state index contributed by atoms with van der Waals surface area (Å²) >= 11 is 11.7. The number of anilines is 2. The van der Waals surface area contributed by atoms with Crippen LogP contribution in [0, 0.1) is 11.6 Å². The molecule has 4 amide bonds. The van der Waals surface area contributed by atoms with Crippen LogP contribution >= 0.6 is 23.2 Å². The van der Waals surface area contributed by atoms with Gasteiger partial charge in [-0.2, -0.15) is 20.4 Å². The average Bonchev–Trinajstić information content (AvgIpc) is 1.67. The van der Waals surface area contributed by atoms with Gasteiger partial charge in [0.1, 0.15) is 116 Å². The largest absolute Gasteiger partial charge is 0.472 e. The van der Waals surface area contributed by atoms with Crippen molar-refractivity contribution < 1.29 is 75.7 Å². The van der Waals surface area contributed by atoms with Crippen LogP contribution in [-0.4, -0.2) is 281 Å². The first kappa shape index (κ1) is 105. The summed E-state index contributed by atoms with van der Waals surface area (Å²) in [6.45, 7) is 31.1. The molecule has 0 unspecified atom stereocenters. The Morgan fingerprint density at radius 2 is 0.820 bits per heavy atom. The van der Waals surface area contributed by atoms with E-state index in [9.17, 15) is 33.1 Å². The number of hydrogen-bond acceptors (Lipinski definition) is 29. The third-order valence-electron chi connectivity index (χ3n) is 23.2. The number of aromatic nitrogens is 16. The van der Waals surface area contributed by atoms with E-state index in [-0.39, 0.29) is 84.8 Å². The molecular formula is C95H127Cl2F2N23O14Si3. The summed E-state index contributed by atoms with van der Waals surface area (Å²) in [5.41, 5.74) is 5.55. The van der Waals surface area contributed by atoms with E-state index in [1.807, 2.05) is 60.7 Å². The Hall–Kier alpha value is -11.7. The summed E-state index contributed by atoms with van der Waals surface area (Å²) in [6, 6.07) is 30.8. The lowest BCUT2D eigenvalue weighted by molar-refractivity contribution is -0.132. The van der Waals surface area contributed by atoms with Gasteiger partial charge in [0.2, 0.25) is 35.3 Å². The second-order valence-corrected chi connectivity index (χ2v) is 56.0. The Bertz CT molecular complexity index is 5880. The molecule has 37 nitrogen and oxygen atoms in total. The van der Waals surface area contributed by atoms with Crippen LogP contribution in [0.15, 0.2) is 147 Å². The van der Waals surface area contributed by atoms with E-state index >= 15 is 0 Å². The molecule has 5 aliphatic rings. The van der Waals surface area contributed by atoms with Crippen LogP contribution < -0.4 is 34.9 Å². The number of amides is 4. The predicted molar refractivity (Wildman–Crippen MR) is 532 cm³/mol. The maximum Gasteiger partial charge on any atom is 0.410 e. The maximum atomic E-state index is 13.5. The second kappa shape index (κ2) is 51.4. The number of H-pyrrole nitrogens is 1. The molecule has 139 heavy (non-hydrogen) atoms. The van der Waals surface area contributed by atoms with Crippen molar-refractivity contribution in [3.05, 3.63) is 180 Å². The van der Waals surface area contributed by atoms with Crippen molar-refractivity contribution in [3.63, 3.8) is 0 Å². The van der Waals surface area contributed by atoms with Gasteiger partial charge in [0.25, 0.3) is 0 Å². The van der Waals surface area contributed by atoms with Crippen molar-refractivity contribution in [1.29, 1.82) is 0 Å². The zero-order chi connectivity index (χ0) is 98.3. The van der Waals surface area contributed by atoms with Gasteiger partial charge in [-0.15, -0.1) is 0 Å². The highest BCUT2D eigenvalue weighted by Gasteiger charge is 2.32. The van der Waals surface area contributed by atoms with Gasteiger partial charge < -0.3 is 83.3 Å². The van der Waals surface area contributed by atoms with E-state index in [0.717, 1.165) is 130 Å². The third-order valence-corrected chi connectivity index (χ3v) is 28.7. The smallest absolute Gasteiger partial charge is 0.410 e. The highest BCUT2D eigenvalue weighted by Crippen LogP contribution is 2.31. The number of carbonyl (C=O) groups is 4. The number of carbonyl (C=O) groups excluding carboxylic acids is 4. The van der Waals surface area contributed by atoms with E-state index in [1.54, 1.807) is 70.6 Å². The number of piperidine rings is 5. The van der Waals surface area contributed by atoms with Crippen molar-refractivity contribution in [1.82, 2.24) is 104 Å². The van der Waals surface area contributed by atoms with Crippen molar-refractivity contribution in [2.75, 3.05) is 109 Å². The molecule has 5 aliphatic heterocycles. The second-order valence-electron chi connectivity index (χ2n) is 38.2. The number of β-amino-alcohol motifs (C(OH)–C–C–N with tert-alkyl or cyclic N) is 1. The van der Waals surface area contributed by atoms with Gasteiger partial charge >= 0.3 is 12.2 Å². The molecule has 5 saturated heterocycles. The first-order valence-corrected chi connectivity index (χ1v) is 59.1. The Labute approximate surface area is 819 Å². The fourth-order valence-electron chi connectivity index (χ4n) is 15.5. The van der Waals surface area contributed by atoms with Crippen LogP contribution in [0.2, 0.25) is 87.1 Å². The molecule has 44 heteroatoms. The standard InChI is InChI=1S/C24H32ClFN6O3Si.C24H33N5O4Si.C18H18ClFN6O2.C16H27N5O2Si.C13H17NO3/c1-36(2,3)8-7-34-16-32-23-21(12-30-32)24(29-15-28-23)35-20-5-4-6-31(14-20)22(33)13-27-19-10-17(25)9-18(26)11-19;1-34(2,3)13-12-31-18-29-22-21(14-27-29)23(26-17-25-22)33-20-10-7-11-28(15-20)24(30)32-16-19-8-5-4-6-9-19;19-11-4-12(20)6-13(5-11)21-8-16(27)26-3-1-2-14(9-26)28-18-15-7-24-25-17(15)22-10-23-18;1-24(2,3)8-7-22-12-21-15-14(10-20-21)16(19-11-18-15)23-13-5-4-6-17-9-13;15-12-7-4-8-14(9-12)13(16)17-10-11-5-2-1-3-6-11/h9-12,15,20,27H,4-8,13-14,16H2,1-3H3;4-6,8-9,14,17,20H,7,10-13,15-16,18H2,1-3H3;4-7,10,14,21H,1-3,8-9H2,(H,22,23,24,25);10-11,13,17H,4-9,12H2,1-3H3;1-3,5-6,12,15H,4,7-10H2/t2*20-;14-;13-;12-/m00000/s1. The summed E-state index contributed by atoms with van der Waals surface area (Å²) in [6.07, 6.45) is 19.9. The minimum absolute atomic E-state index is 0.0364. The third kappa shape index (κ3) is 33.5. The summed E-state index contributed by atoms with van der Waals surface area (Å²) in [5, 5.41) is 42.1. The first-order valence-electron chi connectivity index (χ1n) is 47.2. The zero-order valence-electron chi connectivity index (χ0n) is 80.3. The Kier molecular flexibility index (Phi) is 38.7. The number of benzene rings is 4. The number of aliphatic hydroxyl groups excluding tert-OH is 1. The number of likely N-dealkylation sites (tertiary alicyclic amines) is 4. The zero-order valence-corrected chi connectivity index (χ0v) is 84.9. The quantitative estimate of drug-likeness (QED) is 0.0188. The van der Waals surface area contributed by atoms with Gasteiger partial charge in [-0.3, -0.25) is 14.7 Å². The molecule has 0 spiro atoms. The lowest BCUT2D eigenvalue weighted by atomic mass is 10.1. The molecule has 17 rings (SSSR count). The van der Waals surface area contributed by atoms with Crippen LogP contribution in [0.1, 0.15) is 75.3 Å². The molecule has 5 fully saturated rings. The lowest BCUT2D eigenvalue weighted by Gasteiger charge is -2.32. The molecule has 5 N–H and O–H groups in total. The van der Waals surface area contributed by atoms with E-state index in [1.165, 1.54) is 49.6 Å². The number of fused-ring (bicyclic) bond motifs is 4. The highest BCUT2D eigenvalue weighted by atomic mass is 35.5.